The molecule has 0 atom stereocenters. The molecule has 0 saturated carbocycles. The lowest BCUT2D eigenvalue weighted by Gasteiger charge is -2.23. The highest BCUT2D eigenvalue weighted by molar-refractivity contribution is 6.12. The smallest absolute Gasteiger partial charge is 0.309 e. The Morgan fingerprint density at radius 3 is 1.25 bits per heavy atom. The van der Waals surface area contributed by atoms with Gasteiger partial charge in [-0.1, -0.05) is 109 Å². The molecule has 8 aromatic carbocycles. The van der Waals surface area contributed by atoms with E-state index in [9.17, 15) is 4.39 Å². The molecule has 0 aliphatic rings. The van der Waals surface area contributed by atoms with Crippen LogP contribution in [0.15, 0.2) is 170 Å². The van der Waals surface area contributed by atoms with Crippen molar-refractivity contribution >= 4 is 43.6 Å². The minimum absolute atomic E-state index is 0.263. The van der Waals surface area contributed by atoms with E-state index in [-0.39, 0.29) is 16.9 Å². The third kappa shape index (κ3) is 5.51. The molecule has 0 spiro atoms. The van der Waals surface area contributed by atoms with Crippen LogP contribution in [0.1, 0.15) is 5.56 Å². The maximum atomic E-state index is 16.2. The maximum Gasteiger partial charge on any atom is 0.420 e. The van der Waals surface area contributed by atoms with Crippen molar-refractivity contribution in [1.82, 2.24) is 9.13 Å². The summed E-state index contributed by atoms with van der Waals surface area (Å²) in [4.78, 5) is 0. The molecule has 2 heterocycles. The van der Waals surface area contributed by atoms with E-state index in [0.717, 1.165) is 40.5 Å². The molecule has 2 aromatic heterocycles. The molecule has 276 valence electrons. The van der Waals surface area contributed by atoms with E-state index >= 15 is 22.0 Å². The Morgan fingerprint density at radius 1 is 0.351 bits per heavy atom. The van der Waals surface area contributed by atoms with Crippen molar-refractivity contribution in [2.24, 2.45) is 0 Å². The van der Waals surface area contributed by atoms with Gasteiger partial charge >= 0.3 is 6.18 Å². The molecule has 8 heteroatoms. The van der Waals surface area contributed by atoms with Crippen LogP contribution in [0.2, 0.25) is 0 Å². The zero-order chi connectivity index (χ0) is 39.0. The summed E-state index contributed by atoms with van der Waals surface area (Å²) in [5, 5.41) is 2.72. The number of alkyl halides is 3. The maximum absolute atomic E-state index is 16.2. The molecule has 0 aliphatic carbocycles. The predicted molar refractivity (Wildman–Crippen MR) is 216 cm³/mol. The SMILES string of the molecule is Fc1ccc(F)c(-c2cc(-n3c4ccccc4c4cc(-c5ccccc5)ccc43)c(C(F)(F)F)c(-n3c4ccccc4c4cc(-c5ccccc5)ccc43)c2)c1F. The molecule has 0 radical (unpaired) electrons. The molecule has 0 N–H and O–H groups in total. The number of aromatic nitrogens is 2. The van der Waals surface area contributed by atoms with Gasteiger partial charge in [-0.05, 0) is 88.5 Å². The van der Waals surface area contributed by atoms with E-state index in [1.54, 1.807) is 36.4 Å². The van der Waals surface area contributed by atoms with E-state index in [4.69, 9.17) is 0 Å². The van der Waals surface area contributed by atoms with E-state index < -0.39 is 34.8 Å². The minimum Gasteiger partial charge on any atom is -0.309 e. The largest absolute Gasteiger partial charge is 0.420 e. The summed E-state index contributed by atoms with van der Waals surface area (Å²) in [7, 11) is 0. The first kappa shape index (κ1) is 34.4. The number of halogens is 6. The Bertz CT molecular complexity index is 3020. The Labute approximate surface area is 322 Å². The summed E-state index contributed by atoms with van der Waals surface area (Å²) in [6, 6.07) is 48.2. The van der Waals surface area contributed by atoms with Gasteiger partial charge in [-0.15, -0.1) is 0 Å². The summed E-state index contributed by atoms with van der Waals surface area (Å²) >= 11 is 0. The monoisotopic (exact) mass is 758 g/mol. The molecule has 0 aliphatic heterocycles. The van der Waals surface area contributed by atoms with Crippen LogP contribution in [0, 0.1) is 17.5 Å². The molecule has 0 saturated heterocycles. The van der Waals surface area contributed by atoms with Crippen LogP contribution in [0.25, 0.3) is 88.4 Å². The highest BCUT2D eigenvalue weighted by Gasteiger charge is 2.40. The number of nitrogens with zero attached hydrogens (tertiary/aromatic N) is 2. The highest BCUT2D eigenvalue weighted by Crippen LogP contribution is 2.47. The fourth-order valence-corrected chi connectivity index (χ4v) is 8.28. The zero-order valence-corrected chi connectivity index (χ0v) is 29.8. The van der Waals surface area contributed by atoms with Gasteiger partial charge in [0.05, 0.1) is 39.0 Å². The van der Waals surface area contributed by atoms with Crippen LogP contribution >= 0.6 is 0 Å². The van der Waals surface area contributed by atoms with Gasteiger partial charge in [0.1, 0.15) is 11.4 Å². The van der Waals surface area contributed by atoms with Crippen LogP contribution in [-0.2, 0) is 6.18 Å². The molecule has 57 heavy (non-hydrogen) atoms. The lowest BCUT2D eigenvalue weighted by atomic mass is 9.98. The van der Waals surface area contributed by atoms with Gasteiger partial charge in [0, 0.05) is 21.5 Å². The van der Waals surface area contributed by atoms with Crippen molar-refractivity contribution in [2.45, 2.75) is 6.18 Å². The lowest BCUT2D eigenvalue weighted by molar-refractivity contribution is -0.137. The number of benzene rings is 8. The van der Waals surface area contributed by atoms with Crippen molar-refractivity contribution in [3.8, 4) is 44.8 Å². The van der Waals surface area contributed by atoms with Crippen molar-refractivity contribution in [1.29, 1.82) is 0 Å². The molecule has 10 rings (SSSR count). The molecule has 0 amide bonds. The highest BCUT2D eigenvalue weighted by atomic mass is 19.4. The molecule has 0 unspecified atom stereocenters. The summed E-state index contributed by atoms with van der Waals surface area (Å²) in [5.41, 5.74) is 2.54. The van der Waals surface area contributed by atoms with Gasteiger partial charge in [-0.25, -0.2) is 13.2 Å². The number of para-hydroxylation sites is 2. The summed E-state index contributed by atoms with van der Waals surface area (Å²) in [5.74, 6) is -3.95. The van der Waals surface area contributed by atoms with Crippen LogP contribution in [0.3, 0.4) is 0 Å². The van der Waals surface area contributed by atoms with E-state index in [1.165, 1.54) is 9.13 Å². The summed E-state index contributed by atoms with van der Waals surface area (Å²) in [6.45, 7) is 0. The number of hydrogen-bond acceptors (Lipinski definition) is 0. The van der Waals surface area contributed by atoms with Crippen molar-refractivity contribution in [2.75, 3.05) is 0 Å². The summed E-state index contributed by atoms with van der Waals surface area (Å²) < 4.78 is 98.0. The third-order valence-corrected chi connectivity index (χ3v) is 10.8. The second kappa shape index (κ2) is 13.0. The van der Waals surface area contributed by atoms with Gasteiger partial charge in [-0.3, -0.25) is 0 Å². The zero-order valence-electron chi connectivity index (χ0n) is 29.8. The first-order valence-electron chi connectivity index (χ1n) is 18.2. The number of hydrogen-bond donors (Lipinski definition) is 0. The van der Waals surface area contributed by atoms with Crippen molar-refractivity contribution < 1.29 is 26.3 Å². The second-order valence-electron chi connectivity index (χ2n) is 14.0. The number of fused-ring (bicyclic) bond motifs is 6. The van der Waals surface area contributed by atoms with Crippen LogP contribution < -0.4 is 0 Å². The molecular weight excluding hydrogens is 731 g/mol. The standard InChI is InChI=1S/C49H28F6N2/c50-38-21-22-39(51)48(52)46(38)33-27-44(56-40-17-9-7-15-34(40)36-25-31(19-23-42(36)56)29-11-3-1-4-12-29)47(49(53,54)55)45(28-33)57-41-18-10-8-16-35(41)37-26-32(20-24-43(37)57)30-13-5-2-6-14-30/h1-28H. The van der Waals surface area contributed by atoms with Crippen LogP contribution in [0.4, 0.5) is 26.3 Å². The van der Waals surface area contributed by atoms with Crippen molar-refractivity contribution in [3.05, 3.63) is 193 Å². The molecule has 0 fully saturated rings. The molecule has 10 aromatic rings. The summed E-state index contributed by atoms with van der Waals surface area (Å²) in [6.07, 6.45) is -4.99. The third-order valence-electron chi connectivity index (χ3n) is 10.8. The predicted octanol–water partition coefficient (Wildman–Crippen LogP) is 14.3. The van der Waals surface area contributed by atoms with Gasteiger partial charge in [0.25, 0.3) is 0 Å². The van der Waals surface area contributed by atoms with E-state index in [2.05, 4.69) is 0 Å². The van der Waals surface area contributed by atoms with Crippen LogP contribution in [-0.4, -0.2) is 9.13 Å². The first-order chi connectivity index (χ1) is 27.7. The van der Waals surface area contributed by atoms with E-state index in [1.807, 2.05) is 109 Å². The fourth-order valence-electron chi connectivity index (χ4n) is 8.28. The Balaban J connectivity index is 1.36. The Kier molecular flexibility index (Phi) is 7.87. The van der Waals surface area contributed by atoms with Crippen molar-refractivity contribution in [3.63, 3.8) is 0 Å². The minimum atomic E-state index is -4.99. The average molecular weight is 759 g/mol. The quantitative estimate of drug-likeness (QED) is 0.122. The second-order valence-corrected chi connectivity index (χ2v) is 14.0. The molecule has 0 bridgehead atoms. The first-order valence-corrected chi connectivity index (χ1v) is 18.2. The lowest BCUT2D eigenvalue weighted by Crippen LogP contribution is -2.16. The fraction of sp³-hybridized carbons (Fsp3) is 0.0204. The van der Waals surface area contributed by atoms with Gasteiger partial charge in [0.2, 0.25) is 0 Å². The number of rotatable bonds is 5. The Hall–Kier alpha value is -7.06. The van der Waals surface area contributed by atoms with Gasteiger partial charge in [0.15, 0.2) is 11.6 Å². The molecule has 2 nitrogen and oxygen atoms in total. The topological polar surface area (TPSA) is 9.86 Å². The molecular formula is C49H28F6N2. The average Bonchev–Trinajstić information content (AvgIpc) is 3.74. The van der Waals surface area contributed by atoms with Gasteiger partial charge < -0.3 is 9.13 Å². The van der Waals surface area contributed by atoms with Crippen LogP contribution in [0.5, 0.6) is 0 Å². The Morgan fingerprint density at radius 2 is 0.772 bits per heavy atom. The van der Waals surface area contributed by atoms with Gasteiger partial charge in [-0.2, -0.15) is 13.2 Å². The normalized spacial score (nSPS) is 12.0. The van der Waals surface area contributed by atoms with E-state index in [0.29, 0.717) is 49.7 Å².